The summed E-state index contributed by atoms with van der Waals surface area (Å²) in [6.07, 6.45) is 3.32. The van der Waals surface area contributed by atoms with E-state index in [-0.39, 0.29) is 35.8 Å². The van der Waals surface area contributed by atoms with Gasteiger partial charge in [0.1, 0.15) is 0 Å². The van der Waals surface area contributed by atoms with Crippen molar-refractivity contribution in [3.8, 4) is 0 Å². The van der Waals surface area contributed by atoms with Crippen LogP contribution in [0.2, 0.25) is 0 Å². The second kappa shape index (κ2) is 8.80. The summed E-state index contributed by atoms with van der Waals surface area (Å²) in [5, 5.41) is 3.42. The number of benzene rings is 1. The van der Waals surface area contributed by atoms with Crippen molar-refractivity contribution in [2.75, 3.05) is 6.54 Å². The number of fused-ring (bicyclic) bond motifs is 1. The van der Waals surface area contributed by atoms with E-state index in [4.69, 9.17) is 5.73 Å². The molecule has 7 heteroatoms. The summed E-state index contributed by atoms with van der Waals surface area (Å²) in [6, 6.07) is 7.18. The van der Waals surface area contributed by atoms with E-state index in [1.165, 1.54) is 10.9 Å². The summed E-state index contributed by atoms with van der Waals surface area (Å²) < 4.78 is 1.47. The zero-order chi connectivity index (χ0) is 16.9. The van der Waals surface area contributed by atoms with E-state index in [0.717, 1.165) is 12.8 Å². The number of hydrogen-bond acceptors (Lipinski definition) is 4. The number of para-hydroxylation sites is 1. The fourth-order valence-corrected chi connectivity index (χ4v) is 2.35. The predicted octanol–water partition coefficient (Wildman–Crippen LogP) is 1.84. The Morgan fingerprint density at radius 1 is 1.29 bits per heavy atom. The number of halogens is 1. The highest BCUT2D eigenvalue weighted by Gasteiger charge is 2.20. The number of aromatic nitrogens is 2. The van der Waals surface area contributed by atoms with Crippen LogP contribution >= 0.6 is 12.4 Å². The smallest absolute Gasteiger partial charge is 0.261 e. The normalized spacial score (nSPS) is 11.1. The summed E-state index contributed by atoms with van der Waals surface area (Å²) in [6.45, 7) is 4.77. The van der Waals surface area contributed by atoms with Gasteiger partial charge in [0.2, 0.25) is 5.91 Å². The van der Waals surface area contributed by atoms with Crippen LogP contribution in [0.15, 0.2) is 35.4 Å². The largest absolute Gasteiger partial charge is 0.354 e. The number of nitrogens with zero attached hydrogens (tertiary/aromatic N) is 2. The topological polar surface area (TPSA) is 90.0 Å². The maximum atomic E-state index is 12.3. The number of nitrogens with one attached hydrogen (secondary N) is 1. The average molecular weight is 353 g/mol. The maximum absolute atomic E-state index is 12.3. The van der Waals surface area contributed by atoms with Crippen molar-refractivity contribution in [3.63, 3.8) is 0 Å². The third kappa shape index (κ3) is 4.79. The van der Waals surface area contributed by atoms with Gasteiger partial charge in [0, 0.05) is 25.0 Å². The maximum Gasteiger partial charge on any atom is 0.261 e. The van der Waals surface area contributed by atoms with E-state index in [1.807, 2.05) is 19.9 Å². The lowest BCUT2D eigenvalue weighted by Gasteiger charge is -2.26. The quantitative estimate of drug-likeness (QED) is 0.795. The van der Waals surface area contributed by atoms with Crippen LogP contribution in [0.4, 0.5) is 0 Å². The number of aryl methyl sites for hydroxylation is 1. The van der Waals surface area contributed by atoms with Crippen molar-refractivity contribution in [2.24, 2.45) is 5.73 Å². The Balaban J connectivity index is 0.00000288. The number of amides is 1. The third-order valence-electron chi connectivity index (χ3n) is 4.36. The van der Waals surface area contributed by atoms with Gasteiger partial charge in [-0.05, 0) is 25.0 Å². The number of carbonyl (C=O) groups is 1. The van der Waals surface area contributed by atoms with Gasteiger partial charge < -0.3 is 11.1 Å². The molecular formula is C17H25ClN4O2. The van der Waals surface area contributed by atoms with E-state index < -0.39 is 0 Å². The molecule has 0 aliphatic heterocycles. The lowest BCUT2D eigenvalue weighted by molar-refractivity contribution is -0.121. The third-order valence-corrected chi connectivity index (χ3v) is 4.36. The Hall–Kier alpha value is -1.92. The van der Waals surface area contributed by atoms with E-state index in [1.54, 1.807) is 18.2 Å². The van der Waals surface area contributed by atoms with Crippen molar-refractivity contribution >= 4 is 29.2 Å². The molecule has 0 saturated heterocycles. The molecule has 24 heavy (non-hydrogen) atoms. The van der Waals surface area contributed by atoms with Gasteiger partial charge in [-0.2, -0.15) is 0 Å². The number of rotatable bonds is 7. The highest BCUT2D eigenvalue weighted by molar-refractivity contribution is 5.85. The number of hydrogen-bond donors (Lipinski definition) is 2. The molecule has 6 nitrogen and oxygen atoms in total. The van der Waals surface area contributed by atoms with Gasteiger partial charge in [-0.3, -0.25) is 14.2 Å². The molecule has 0 fully saturated rings. The van der Waals surface area contributed by atoms with Gasteiger partial charge in [0.05, 0.1) is 17.2 Å². The molecule has 1 heterocycles. The Labute approximate surface area is 147 Å². The van der Waals surface area contributed by atoms with Crippen LogP contribution in [0.3, 0.4) is 0 Å². The Morgan fingerprint density at radius 3 is 2.62 bits per heavy atom. The van der Waals surface area contributed by atoms with Gasteiger partial charge in [0.25, 0.3) is 5.56 Å². The zero-order valence-electron chi connectivity index (χ0n) is 14.1. The molecule has 132 valence electrons. The fraction of sp³-hybridized carbons (Fsp3) is 0.471. The van der Waals surface area contributed by atoms with Crippen LogP contribution in [0, 0.1) is 0 Å². The molecule has 1 aromatic heterocycles. The molecule has 0 bridgehead atoms. The van der Waals surface area contributed by atoms with Crippen LogP contribution in [-0.2, 0) is 11.3 Å². The standard InChI is InChI=1S/C17H24N4O2.ClH/c1-3-17(18,4-2)11-19-15(22)9-10-21-12-20-14-8-6-5-7-13(14)16(21)23;/h5-8,12H,3-4,9-11,18H2,1-2H3,(H,19,22);1H. The Bertz CT molecular complexity index is 741. The summed E-state index contributed by atoms with van der Waals surface area (Å²) in [5.74, 6) is -0.109. The molecular weight excluding hydrogens is 328 g/mol. The molecule has 3 N–H and O–H groups in total. The van der Waals surface area contributed by atoms with Crippen molar-refractivity contribution in [3.05, 3.63) is 40.9 Å². The molecule has 1 amide bonds. The van der Waals surface area contributed by atoms with Crippen LogP contribution < -0.4 is 16.6 Å². The van der Waals surface area contributed by atoms with Crippen LogP contribution in [0.1, 0.15) is 33.1 Å². The van der Waals surface area contributed by atoms with Crippen LogP contribution in [-0.4, -0.2) is 27.5 Å². The summed E-state index contributed by atoms with van der Waals surface area (Å²) >= 11 is 0. The second-order valence-electron chi connectivity index (χ2n) is 5.86. The first-order valence-electron chi connectivity index (χ1n) is 7.99. The van der Waals surface area contributed by atoms with E-state index >= 15 is 0 Å². The Morgan fingerprint density at radius 2 is 1.96 bits per heavy atom. The first kappa shape index (κ1) is 20.1. The molecule has 2 rings (SSSR count). The lowest BCUT2D eigenvalue weighted by Crippen LogP contribution is -2.49. The SMILES string of the molecule is CCC(N)(CC)CNC(=O)CCn1cnc2ccccc2c1=O.Cl. The summed E-state index contributed by atoms with van der Waals surface area (Å²) in [4.78, 5) is 28.5. The predicted molar refractivity (Wildman–Crippen MR) is 98.4 cm³/mol. The molecule has 0 aliphatic rings. The molecule has 0 radical (unpaired) electrons. The summed E-state index contributed by atoms with van der Waals surface area (Å²) in [5.41, 5.74) is 6.33. The highest BCUT2D eigenvalue weighted by Crippen LogP contribution is 2.09. The fourth-order valence-electron chi connectivity index (χ4n) is 2.35. The molecule has 0 spiro atoms. The van der Waals surface area contributed by atoms with Crippen molar-refractivity contribution in [1.29, 1.82) is 0 Å². The van der Waals surface area contributed by atoms with Crippen molar-refractivity contribution in [2.45, 2.75) is 45.2 Å². The molecule has 0 unspecified atom stereocenters. The van der Waals surface area contributed by atoms with Gasteiger partial charge >= 0.3 is 0 Å². The minimum Gasteiger partial charge on any atom is -0.354 e. The number of carbonyl (C=O) groups excluding carboxylic acids is 1. The molecule has 0 saturated carbocycles. The second-order valence-corrected chi connectivity index (χ2v) is 5.86. The van der Waals surface area contributed by atoms with Gasteiger partial charge in [-0.25, -0.2) is 4.98 Å². The van der Waals surface area contributed by atoms with Gasteiger partial charge in [0.15, 0.2) is 0 Å². The molecule has 2 aromatic rings. The highest BCUT2D eigenvalue weighted by atomic mass is 35.5. The van der Waals surface area contributed by atoms with Crippen LogP contribution in [0.5, 0.6) is 0 Å². The average Bonchev–Trinajstić information content (AvgIpc) is 2.59. The van der Waals surface area contributed by atoms with Crippen molar-refractivity contribution in [1.82, 2.24) is 14.9 Å². The van der Waals surface area contributed by atoms with Gasteiger partial charge in [-0.1, -0.05) is 26.0 Å². The van der Waals surface area contributed by atoms with E-state index in [0.29, 0.717) is 24.0 Å². The van der Waals surface area contributed by atoms with Crippen LogP contribution in [0.25, 0.3) is 10.9 Å². The minimum absolute atomic E-state index is 0. The first-order chi connectivity index (χ1) is 11.0. The van der Waals surface area contributed by atoms with E-state index in [9.17, 15) is 9.59 Å². The van der Waals surface area contributed by atoms with Gasteiger partial charge in [-0.15, -0.1) is 12.4 Å². The van der Waals surface area contributed by atoms with E-state index in [2.05, 4.69) is 10.3 Å². The molecule has 0 atom stereocenters. The lowest BCUT2D eigenvalue weighted by atomic mass is 9.94. The first-order valence-corrected chi connectivity index (χ1v) is 7.99. The van der Waals surface area contributed by atoms with Crippen molar-refractivity contribution < 1.29 is 4.79 Å². The monoisotopic (exact) mass is 352 g/mol. The molecule has 1 aromatic carbocycles. The zero-order valence-corrected chi connectivity index (χ0v) is 14.9. The molecule has 0 aliphatic carbocycles. The number of nitrogens with two attached hydrogens (primary N) is 1. The minimum atomic E-state index is -0.364. The summed E-state index contributed by atoms with van der Waals surface area (Å²) in [7, 11) is 0. The Kier molecular flexibility index (Phi) is 7.38.